The van der Waals surface area contributed by atoms with E-state index in [-0.39, 0.29) is 5.69 Å². The Morgan fingerprint density at radius 3 is 2.85 bits per heavy atom. The van der Waals surface area contributed by atoms with Crippen molar-refractivity contribution >= 4 is 28.7 Å². The summed E-state index contributed by atoms with van der Waals surface area (Å²) < 4.78 is 0. The predicted octanol–water partition coefficient (Wildman–Crippen LogP) is 3.04. The molecule has 1 aromatic carbocycles. The van der Waals surface area contributed by atoms with Crippen molar-refractivity contribution in [3.05, 3.63) is 64.1 Å². The van der Waals surface area contributed by atoms with Gasteiger partial charge >= 0.3 is 0 Å². The maximum atomic E-state index is 10.7. The number of benzene rings is 1. The van der Waals surface area contributed by atoms with Gasteiger partial charge in [-0.3, -0.25) is 20.2 Å². The van der Waals surface area contributed by atoms with E-state index in [4.69, 9.17) is 0 Å². The Morgan fingerprint density at radius 2 is 2.10 bits per heavy atom. The van der Waals surface area contributed by atoms with E-state index < -0.39 is 4.92 Å². The molecule has 6 heteroatoms. The quantitative estimate of drug-likeness (QED) is 0.583. The van der Waals surface area contributed by atoms with Gasteiger partial charge in [0.2, 0.25) is 0 Å². The first-order chi connectivity index (χ1) is 9.74. The SMILES string of the molecule is O=[N+]([O-])c1ccc2c(C=Cc3ccccn3)n[nH]c2c1. The summed E-state index contributed by atoms with van der Waals surface area (Å²) in [6.07, 6.45) is 5.38. The number of aromatic amines is 1. The van der Waals surface area contributed by atoms with Crippen LogP contribution in [0.25, 0.3) is 23.1 Å². The molecule has 0 bridgehead atoms. The minimum atomic E-state index is -0.427. The zero-order chi connectivity index (χ0) is 13.9. The van der Waals surface area contributed by atoms with Crippen molar-refractivity contribution in [3.63, 3.8) is 0 Å². The molecular weight excluding hydrogens is 256 g/mol. The van der Waals surface area contributed by atoms with Gasteiger partial charge in [0, 0.05) is 23.7 Å². The molecule has 0 unspecified atom stereocenters. The first-order valence-electron chi connectivity index (χ1n) is 5.96. The lowest BCUT2D eigenvalue weighted by atomic mass is 10.2. The van der Waals surface area contributed by atoms with Gasteiger partial charge in [0.1, 0.15) is 0 Å². The van der Waals surface area contributed by atoms with Crippen LogP contribution in [0.3, 0.4) is 0 Å². The summed E-state index contributed by atoms with van der Waals surface area (Å²) in [5.41, 5.74) is 2.23. The summed E-state index contributed by atoms with van der Waals surface area (Å²) in [7, 11) is 0. The minimum Gasteiger partial charge on any atom is -0.277 e. The molecule has 3 aromatic rings. The van der Waals surface area contributed by atoms with Crippen LogP contribution < -0.4 is 0 Å². The largest absolute Gasteiger partial charge is 0.277 e. The van der Waals surface area contributed by atoms with Gasteiger partial charge in [-0.25, -0.2) is 0 Å². The van der Waals surface area contributed by atoms with E-state index in [1.807, 2.05) is 30.4 Å². The van der Waals surface area contributed by atoms with E-state index in [0.29, 0.717) is 5.52 Å². The molecule has 0 radical (unpaired) electrons. The summed E-state index contributed by atoms with van der Waals surface area (Å²) in [6, 6.07) is 10.3. The van der Waals surface area contributed by atoms with Crippen molar-refractivity contribution in [2.45, 2.75) is 0 Å². The standard InChI is InChI=1S/C14H10N4O2/c19-18(20)11-5-6-12-13(16-17-14(12)9-11)7-4-10-3-1-2-8-15-10/h1-9H,(H,16,17). The zero-order valence-electron chi connectivity index (χ0n) is 10.4. The van der Waals surface area contributed by atoms with Crippen LogP contribution >= 0.6 is 0 Å². The van der Waals surface area contributed by atoms with Gasteiger partial charge in [-0.15, -0.1) is 0 Å². The number of rotatable bonds is 3. The third-order valence-corrected chi connectivity index (χ3v) is 2.89. The summed E-state index contributed by atoms with van der Waals surface area (Å²) in [4.78, 5) is 14.5. The monoisotopic (exact) mass is 266 g/mol. The average Bonchev–Trinajstić information content (AvgIpc) is 2.88. The first-order valence-corrected chi connectivity index (χ1v) is 5.96. The average molecular weight is 266 g/mol. The Kier molecular flexibility index (Phi) is 2.96. The Labute approximate surface area is 113 Å². The second-order valence-corrected chi connectivity index (χ2v) is 4.18. The number of nitro benzene ring substituents is 1. The maximum Gasteiger partial charge on any atom is 0.271 e. The molecule has 2 heterocycles. The molecule has 2 aromatic heterocycles. The van der Waals surface area contributed by atoms with Crippen molar-refractivity contribution in [3.8, 4) is 0 Å². The van der Waals surface area contributed by atoms with Gasteiger partial charge in [0.15, 0.2) is 0 Å². The number of nitrogens with one attached hydrogen (secondary N) is 1. The number of nitro groups is 1. The summed E-state index contributed by atoms with van der Waals surface area (Å²) in [6.45, 7) is 0. The van der Waals surface area contributed by atoms with Gasteiger partial charge in [0.05, 0.1) is 21.8 Å². The fraction of sp³-hybridized carbons (Fsp3) is 0. The number of hydrogen-bond acceptors (Lipinski definition) is 4. The fourth-order valence-electron chi connectivity index (χ4n) is 1.91. The molecule has 98 valence electrons. The third-order valence-electron chi connectivity index (χ3n) is 2.89. The van der Waals surface area contributed by atoms with Crippen LogP contribution in [0.4, 0.5) is 5.69 Å². The Hall–Kier alpha value is -3.02. The van der Waals surface area contributed by atoms with Gasteiger partial charge in [-0.05, 0) is 30.4 Å². The molecular formula is C14H10N4O2. The van der Waals surface area contributed by atoms with Gasteiger partial charge in [0.25, 0.3) is 5.69 Å². The van der Waals surface area contributed by atoms with E-state index >= 15 is 0 Å². The van der Waals surface area contributed by atoms with Crippen molar-refractivity contribution in [2.75, 3.05) is 0 Å². The highest BCUT2D eigenvalue weighted by molar-refractivity contribution is 5.90. The molecule has 6 nitrogen and oxygen atoms in total. The molecule has 20 heavy (non-hydrogen) atoms. The Morgan fingerprint density at radius 1 is 1.20 bits per heavy atom. The third kappa shape index (κ3) is 2.26. The van der Waals surface area contributed by atoms with Crippen molar-refractivity contribution in [2.24, 2.45) is 0 Å². The van der Waals surface area contributed by atoms with Crippen LogP contribution in [0.5, 0.6) is 0 Å². The molecule has 1 N–H and O–H groups in total. The molecule has 0 saturated carbocycles. The lowest BCUT2D eigenvalue weighted by molar-refractivity contribution is -0.384. The predicted molar refractivity (Wildman–Crippen MR) is 75.9 cm³/mol. The molecule has 0 spiro atoms. The molecule has 0 aliphatic rings. The second-order valence-electron chi connectivity index (χ2n) is 4.18. The number of nitrogens with zero attached hydrogens (tertiary/aromatic N) is 3. The summed E-state index contributed by atoms with van der Waals surface area (Å²) in [5, 5.41) is 18.5. The van der Waals surface area contributed by atoms with Crippen LogP contribution in [0.2, 0.25) is 0 Å². The van der Waals surface area contributed by atoms with Crippen molar-refractivity contribution in [1.82, 2.24) is 15.2 Å². The minimum absolute atomic E-state index is 0.0430. The molecule has 0 atom stereocenters. The van der Waals surface area contributed by atoms with E-state index in [1.54, 1.807) is 12.3 Å². The summed E-state index contributed by atoms with van der Waals surface area (Å²) >= 11 is 0. The van der Waals surface area contributed by atoms with Gasteiger partial charge in [-0.1, -0.05) is 6.07 Å². The van der Waals surface area contributed by atoms with E-state index in [2.05, 4.69) is 15.2 Å². The highest BCUT2D eigenvalue weighted by atomic mass is 16.6. The molecule has 0 fully saturated rings. The number of pyridine rings is 1. The number of H-pyrrole nitrogens is 1. The van der Waals surface area contributed by atoms with Crippen LogP contribution in [0, 0.1) is 10.1 Å². The first kappa shape index (κ1) is 12.0. The number of fused-ring (bicyclic) bond motifs is 1. The van der Waals surface area contributed by atoms with E-state index in [1.165, 1.54) is 12.1 Å². The highest BCUT2D eigenvalue weighted by Gasteiger charge is 2.09. The topological polar surface area (TPSA) is 84.7 Å². The Bertz CT molecular complexity index is 793. The maximum absolute atomic E-state index is 10.7. The van der Waals surface area contributed by atoms with E-state index in [0.717, 1.165) is 16.8 Å². The van der Waals surface area contributed by atoms with Crippen LogP contribution in [-0.2, 0) is 0 Å². The zero-order valence-corrected chi connectivity index (χ0v) is 10.4. The normalized spacial score (nSPS) is 11.2. The number of aromatic nitrogens is 3. The van der Waals surface area contributed by atoms with Crippen molar-refractivity contribution in [1.29, 1.82) is 0 Å². The van der Waals surface area contributed by atoms with Crippen LogP contribution in [-0.4, -0.2) is 20.1 Å². The lowest BCUT2D eigenvalue weighted by Crippen LogP contribution is -1.86. The highest BCUT2D eigenvalue weighted by Crippen LogP contribution is 2.22. The van der Waals surface area contributed by atoms with Gasteiger partial charge < -0.3 is 0 Å². The molecule has 0 aliphatic heterocycles. The summed E-state index contributed by atoms with van der Waals surface area (Å²) in [5.74, 6) is 0. The second kappa shape index (κ2) is 4.93. The molecule has 0 saturated heterocycles. The molecule has 0 amide bonds. The Balaban J connectivity index is 1.97. The van der Waals surface area contributed by atoms with Crippen LogP contribution in [0.15, 0.2) is 42.6 Å². The smallest absolute Gasteiger partial charge is 0.271 e. The van der Waals surface area contributed by atoms with Crippen molar-refractivity contribution < 1.29 is 4.92 Å². The van der Waals surface area contributed by atoms with E-state index in [9.17, 15) is 10.1 Å². The van der Waals surface area contributed by atoms with Crippen LogP contribution in [0.1, 0.15) is 11.4 Å². The fourth-order valence-corrected chi connectivity index (χ4v) is 1.91. The lowest BCUT2D eigenvalue weighted by Gasteiger charge is -1.92. The molecule has 3 rings (SSSR count). The number of hydrogen-bond donors (Lipinski definition) is 1. The molecule has 0 aliphatic carbocycles. The van der Waals surface area contributed by atoms with Gasteiger partial charge in [-0.2, -0.15) is 5.10 Å². The number of non-ortho nitro benzene ring substituents is 1.